The second-order valence-corrected chi connectivity index (χ2v) is 14.1. The van der Waals surface area contributed by atoms with Crippen molar-refractivity contribution in [3.63, 3.8) is 0 Å². The minimum Gasteiger partial charge on any atom is -0.508 e. The van der Waals surface area contributed by atoms with Gasteiger partial charge in [0.15, 0.2) is 0 Å². The van der Waals surface area contributed by atoms with Gasteiger partial charge in [-0.1, -0.05) is 31.7 Å². The molecule has 4 fully saturated rings. The second kappa shape index (κ2) is 17.6. The fourth-order valence-electron chi connectivity index (χ4n) is 7.57. The van der Waals surface area contributed by atoms with Gasteiger partial charge in [-0.25, -0.2) is 0 Å². The van der Waals surface area contributed by atoms with Crippen molar-refractivity contribution in [3.8, 4) is 23.0 Å². The van der Waals surface area contributed by atoms with Crippen LogP contribution in [0, 0.1) is 0 Å². The zero-order valence-corrected chi connectivity index (χ0v) is 30.4. The number of benzene rings is 4. The first-order valence-electron chi connectivity index (χ1n) is 19.0. The van der Waals surface area contributed by atoms with E-state index in [1.807, 2.05) is 24.3 Å². The van der Waals surface area contributed by atoms with Crippen molar-refractivity contribution in [1.82, 2.24) is 0 Å². The first kappa shape index (κ1) is 37.6. The quantitative estimate of drug-likeness (QED) is 0.213. The smallest absolute Gasteiger partial charge is 0.133 e. The monoisotopic (exact) mass is 738 g/mol. The van der Waals surface area contributed by atoms with Crippen LogP contribution in [-0.2, 0) is 31.8 Å². The van der Waals surface area contributed by atoms with Gasteiger partial charge in [-0.15, -0.1) is 0 Å². The lowest BCUT2D eigenvalue weighted by Gasteiger charge is -2.31. The molecule has 4 aromatic carbocycles. The van der Waals surface area contributed by atoms with Crippen molar-refractivity contribution in [2.45, 2.75) is 20.3 Å². The first-order chi connectivity index (χ1) is 26.1. The van der Waals surface area contributed by atoms with Gasteiger partial charge in [0.05, 0.1) is 52.9 Å². The van der Waals surface area contributed by atoms with Gasteiger partial charge in [0, 0.05) is 112 Å². The van der Waals surface area contributed by atoms with E-state index < -0.39 is 0 Å². The standard InChI is InChI=1S/C21H26N2O4.C21H24N2O3.CH4/c24-20-14-18(22-5-9-26-10-6-22)3-1-16(20)13-17-2-4-19(15-21(17)25)23-7-11-27-12-8-23;1-3-18(22-5-9-24-10-6-22)14-20-16(1)13-17-2-4-19(15-21(17)26-20)23-7-11-25-12-8-23;/h1-4,14-15,24-25H,5-13H2;1-4,14-15H,5-13H2;1H4. The summed E-state index contributed by atoms with van der Waals surface area (Å²) in [6, 6.07) is 24.7. The third-order valence-electron chi connectivity index (χ3n) is 10.7. The number of anilines is 4. The normalized spacial score (nSPS) is 18.4. The Balaban J connectivity index is 0.000000164. The van der Waals surface area contributed by atoms with E-state index in [-0.39, 0.29) is 18.9 Å². The average Bonchev–Trinajstić information content (AvgIpc) is 3.22. The summed E-state index contributed by atoms with van der Waals surface area (Å²) in [4.78, 5) is 9.16. The van der Waals surface area contributed by atoms with Crippen LogP contribution in [-0.4, -0.2) is 115 Å². The third kappa shape index (κ3) is 8.81. The molecule has 11 nitrogen and oxygen atoms in total. The lowest BCUT2D eigenvalue weighted by Crippen LogP contribution is -2.36. The van der Waals surface area contributed by atoms with Crippen LogP contribution in [0.5, 0.6) is 23.0 Å². The molecule has 0 amide bonds. The van der Waals surface area contributed by atoms with Crippen LogP contribution in [0.4, 0.5) is 22.7 Å². The maximum atomic E-state index is 10.5. The van der Waals surface area contributed by atoms with Gasteiger partial charge in [-0.3, -0.25) is 0 Å². The molecule has 4 saturated heterocycles. The molecule has 0 aliphatic carbocycles. The number of phenols is 2. The second-order valence-electron chi connectivity index (χ2n) is 14.1. The third-order valence-corrected chi connectivity index (χ3v) is 10.7. The maximum Gasteiger partial charge on any atom is 0.133 e. The van der Waals surface area contributed by atoms with E-state index in [0.717, 1.165) is 119 Å². The Bertz CT molecular complexity index is 1720. The Labute approximate surface area is 319 Å². The number of fused-ring (bicyclic) bond motifs is 2. The lowest BCUT2D eigenvalue weighted by molar-refractivity contribution is 0.122. The summed E-state index contributed by atoms with van der Waals surface area (Å²) in [5.74, 6) is 2.49. The molecule has 0 bridgehead atoms. The number of phenolic OH excluding ortho intramolecular Hbond substituents is 2. The van der Waals surface area contributed by atoms with Crippen LogP contribution >= 0.6 is 0 Å². The lowest BCUT2D eigenvalue weighted by atomic mass is 9.99. The van der Waals surface area contributed by atoms with Crippen molar-refractivity contribution in [2.75, 3.05) is 125 Å². The molecule has 5 aliphatic rings. The fourth-order valence-corrected chi connectivity index (χ4v) is 7.57. The van der Waals surface area contributed by atoms with Crippen molar-refractivity contribution >= 4 is 22.7 Å². The molecule has 5 heterocycles. The molecule has 5 aliphatic heterocycles. The maximum absolute atomic E-state index is 10.5. The van der Waals surface area contributed by atoms with Gasteiger partial charge >= 0.3 is 0 Å². The summed E-state index contributed by atoms with van der Waals surface area (Å²) in [6.07, 6.45) is 1.42. The summed E-state index contributed by atoms with van der Waals surface area (Å²) >= 11 is 0. The van der Waals surface area contributed by atoms with E-state index in [0.29, 0.717) is 32.8 Å². The number of aromatic hydroxyl groups is 2. The van der Waals surface area contributed by atoms with Gasteiger partial charge < -0.3 is 53.5 Å². The van der Waals surface area contributed by atoms with Gasteiger partial charge in [-0.2, -0.15) is 0 Å². The van der Waals surface area contributed by atoms with Crippen LogP contribution in [0.25, 0.3) is 0 Å². The van der Waals surface area contributed by atoms with Crippen molar-refractivity contribution in [1.29, 1.82) is 0 Å². The minimum atomic E-state index is 0. The summed E-state index contributed by atoms with van der Waals surface area (Å²) < 4.78 is 28.0. The Morgan fingerprint density at radius 2 is 0.741 bits per heavy atom. The van der Waals surface area contributed by atoms with Crippen LogP contribution in [0.15, 0.2) is 72.8 Å². The van der Waals surface area contributed by atoms with Gasteiger partial charge in [0.2, 0.25) is 0 Å². The summed E-state index contributed by atoms with van der Waals surface area (Å²) in [6.45, 7) is 13.1. The highest BCUT2D eigenvalue weighted by Gasteiger charge is 2.22. The highest BCUT2D eigenvalue weighted by atomic mass is 16.5. The Morgan fingerprint density at radius 3 is 1.07 bits per heavy atom. The molecule has 4 aromatic rings. The molecule has 288 valence electrons. The molecule has 11 heteroatoms. The van der Waals surface area contributed by atoms with Gasteiger partial charge in [-0.05, 0) is 46.5 Å². The van der Waals surface area contributed by atoms with Gasteiger partial charge in [0.1, 0.15) is 23.0 Å². The fraction of sp³-hybridized carbons (Fsp3) is 0.442. The molecule has 2 N–H and O–H groups in total. The van der Waals surface area contributed by atoms with E-state index in [1.165, 1.54) is 22.5 Å². The molecular weight excluding hydrogens is 684 g/mol. The summed E-state index contributed by atoms with van der Waals surface area (Å²) in [5, 5.41) is 20.9. The van der Waals surface area contributed by atoms with Crippen molar-refractivity contribution < 1.29 is 33.9 Å². The topological polar surface area (TPSA) is 99.6 Å². The zero-order valence-electron chi connectivity index (χ0n) is 30.4. The molecule has 9 rings (SSSR count). The Hall–Kier alpha value is -4.68. The molecule has 0 atom stereocenters. The first-order valence-corrected chi connectivity index (χ1v) is 19.0. The molecule has 0 unspecified atom stereocenters. The molecule has 54 heavy (non-hydrogen) atoms. The van der Waals surface area contributed by atoms with E-state index in [1.54, 1.807) is 12.1 Å². The number of hydrogen-bond acceptors (Lipinski definition) is 11. The zero-order chi connectivity index (χ0) is 36.0. The SMILES string of the molecule is C.Oc1cc(N2CCOCC2)ccc1Cc1ccc(N2CCOCC2)cc1O.c1cc2c(cc1N1CCOCC1)Oc1cc(N3CCOCC3)ccc1C2. The predicted octanol–water partition coefficient (Wildman–Crippen LogP) is 6.05. The molecule has 0 radical (unpaired) electrons. The highest BCUT2D eigenvalue weighted by Crippen LogP contribution is 2.40. The minimum absolute atomic E-state index is 0. The van der Waals surface area contributed by atoms with Gasteiger partial charge in [0.25, 0.3) is 0 Å². The number of rotatable bonds is 6. The number of hydrogen-bond donors (Lipinski definition) is 2. The van der Waals surface area contributed by atoms with Crippen LogP contribution < -0.4 is 24.3 Å². The van der Waals surface area contributed by atoms with Crippen molar-refractivity contribution in [2.24, 2.45) is 0 Å². The molecular formula is C43H54N4O7. The predicted molar refractivity (Wildman–Crippen MR) is 214 cm³/mol. The molecule has 0 aromatic heterocycles. The van der Waals surface area contributed by atoms with Crippen molar-refractivity contribution in [3.05, 3.63) is 95.1 Å². The molecule has 0 spiro atoms. The summed E-state index contributed by atoms with van der Waals surface area (Å²) in [5.41, 5.74) is 8.59. The van der Waals surface area contributed by atoms with E-state index in [2.05, 4.69) is 56.0 Å². The van der Waals surface area contributed by atoms with Crippen LogP contribution in [0.3, 0.4) is 0 Å². The van der Waals surface area contributed by atoms with E-state index in [9.17, 15) is 10.2 Å². The number of morpholine rings is 4. The van der Waals surface area contributed by atoms with Crippen LogP contribution in [0.2, 0.25) is 0 Å². The summed E-state index contributed by atoms with van der Waals surface area (Å²) in [7, 11) is 0. The molecule has 0 saturated carbocycles. The Kier molecular flexibility index (Phi) is 12.3. The van der Waals surface area contributed by atoms with Crippen LogP contribution in [0.1, 0.15) is 29.7 Å². The Morgan fingerprint density at radius 1 is 0.426 bits per heavy atom. The average molecular weight is 739 g/mol. The van der Waals surface area contributed by atoms with E-state index >= 15 is 0 Å². The largest absolute Gasteiger partial charge is 0.508 e. The highest BCUT2D eigenvalue weighted by molar-refractivity contribution is 5.62. The number of ether oxygens (including phenoxy) is 5. The number of nitrogens with zero attached hydrogens (tertiary/aromatic N) is 4. The van der Waals surface area contributed by atoms with E-state index in [4.69, 9.17) is 23.7 Å².